The first kappa shape index (κ1) is 12.1. The Morgan fingerprint density at radius 3 is 1.93 bits per heavy atom. The molecule has 4 nitrogen and oxygen atoms in total. The summed E-state index contributed by atoms with van der Waals surface area (Å²) in [5, 5.41) is 0.282. The molecule has 1 aliphatic rings. The molecule has 1 aliphatic heterocycles. The predicted octanol–water partition coefficient (Wildman–Crippen LogP) is 0.864. The van der Waals surface area contributed by atoms with Gasteiger partial charge in [-0.25, -0.2) is 0 Å². The van der Waals surface area contributed by atoms with Crippen molar-refractivity contribution < 1.29 is 9.59 Å². The fraction of sp³-hybridized carbons (Fsp3) is 0.700. The molecule has 0 aromatic carbocycles. The van der Waals surface area contributed by atoms with E-state index in [0.717, 1.165) is 0 Å². The van der Waals surface area contributed by atoms with Gasteiger partial charge in [-0.2, -0.15) is 0 Å². The molecule has 15 heavy (non-hydrogen) atoms. The van der Waals surface area contributed by atoms with Crippen LogP contribution in [0.15, 0.2) is 0 Å². The summed E-state index contributed by atoms with van der Waals surface area (Å²) in [4.78, 5) is 26.4. The van der Waals surface area contributed by atoms with Crippen molar-refractivity contribution in [3.05, 3.63) is 0 Å². The molecular weight excluding hydrogens is 212 g/mol. The van der Waals surface area contributed by atoms with Crippen LogP contribution in [-0.4, -0.2) is 40.8 Å². The van der Waals surface area contributed by atoms with Crippen LogP contribution >= 0.6 is 12.2 Å². The van der Waals surface area contributed by atoms with Crippen molar-refractivity contribution in [3.8, 4) is 0 Å². The molecule has 0 spiro atoms. The lowest BCUT2D eigenvalue weighted by Crippen LogP contribution is -2.56. The normalized spacial score (nSPS) is 19.4. The maximum atomic E-state index is 11.8. The Kier molecular flexibility index (Phi) is 3.44. The zero-order chi connectivity index (χ0) is 11.7. The summed E-state index contributed by atoms with van der Waals surface area (Å²) in [6.07, 6.45) is 0.578. The molecule has 84 valence electrons. The molecule has 1 saturated heterocycles. The lowest BCUT2D eigenvalue weighted by atomic mass is 9.93. The lowest BCUT2D eigenvalue weighted by molar-refractivity contribution is -0.146. The highest BCUT2D eigenvalue weighted by molar-refractivity contribution is 7.80. The van der Waals surface area contributed by atoms with Crippen LogP contribution in [0.4, 0.5) is 0 Å². The van der Waals surface area contributed by atoms with Crippen LogP contribution < -0.4 is 0 Å². The number of rotatable bonds is 2. The maximum Gasteiger partial charge on any atom is 0.241 e. The molecule has 0 N–H and O–H groups in total. The Morgan fingerprint density at radius 2 is 1.60 bits per heavy atom. The SMILES string of the molecule is CC(C)CC1C(=O)N(C)C(=S)N(C)C1=O. The smallest absolute Gasteiger partial charge is 0.241 e. The van der Waals surface area contributed by atoms with Crippen molar-refractivity contribution >= 4 is 29.1 Å². The standard InChI is InChI=1S/C10H16N2O2S/c1-6(2)5-7-8(13)11(3)10(15)12(4)9(7)14/h6-7H,5H2,1-4H3. The minimum absolute atomic E-state index is 0.184. The topological polar surface area (TPSA) is 40.6 Å². The van der Waals surface area contributed by atoms with Crippen LogP contribution in [0.5, 0.6) is 0 Å². The summed E-state index contributed by atoms with van der Waals surface area (Å²) >= 11 is 4.98. The van der Waals surface area contributed by atoms with Crippen LogP contribution in [0.2, 0.25) is 0 Å². The molecule has 5 heteroatoms. The molecule has 1 heterocycles. The quantitative estimate of drug-likeness (QED) is 0.520. The third kappa shape index (κ3) is 2.17. The summed E-state index contributed by atoms with van der Waals surface area (Å²) in [6.45, 7) is 3.99. The average Bonchev–Trinajstić information content (AvgIpc) is 2.18. The summed E-state index contributed by atoms with van der Waals surface area (Å²) in [7, 11) is 3.22. The highest BCUT2D eigenvalue weighted by Crippen LogP contribution is 2.21. The van der Waals surface area contributed by atoms with E-state index >= 15 is 0 Å². The van der Waals surface area contributed by atoms with E-state index in [1.54, 1.807) is 14.1 Å². The fourth-order valence-corrected chi connectivity index (χ4v) is 1.84. The molecule has 0 radical (unpaired) electrons. The molecule has 0 aromatic heterocycles. The van der Waals surface area contributed by atoms with Crippen molar-refractivity contribution in [2.75, 3.05) is 14.1 Å². The van der Waals surface area contributed by atoms with Crippen LogP contribution in [0.1, 0.15) is 20.3 Å². The van der Waals surface area contributed by atoms with Gasteiger partial charge in [0.2, 0.25) is 11.8 Å². The molecule has 0 bridgehead atoms. The zero-order valence-corrected chi connectivity index (χ0v) is 10.3. The van der Waals surface area contributed by atoms with Crippen molar-refractivity contribution in [1.29, 1.82) is 0 Å². The van der Waals surface area contributed by atoms with Gasteiger partial charge in [0, 0.05) is 14.1 Å². The van der Waals surface area contributed by atoms with E-state index in [1.807, 2.05) is 13.8 Å². The highest BCUT2D eigenvalue weighted by atomic mass is 32.1. The molecule has 0 saturated carbocycles. The van der Waals surface area contributed by atoms with Crippen molar-refractivity contribution in [3.63, 3.8) is 0 Å². The molecule has 0 unspecified atom stereocenters. The van der Waals surface area contributed by atoms with Crippen LogP contribution in [-0.2, 0) is 9.59 Å². The van der Waals surface area contributed by atoms with Crippen LogP contribution in [0.3, 0.4) is 0 Å². The van der Waals surface area contributed by atoms with Gasteiger partial charge in [0.1, 0.15) is 5.92 Å². The van der Waals surface area contributed by atoms with Gasteiger partial charge >= 0.3 is 0 Å². The monoisotopic (exact) mass is 228 g/mol. The number of nitrogens with zero attached hydrogens (tertiary/aromatic N) is 2. The molecule has 0 aromatic rings. The first-order valence-electron chi connectivity index (χ1n) is 4.95. The lowest BCUT2D eigenvalue weighted by Gasteiger charge is -2.35. The second-order valence-corrected chi connectivity index (χ2v) is 4.62. The van der Waals surface area contributed by atoms with E-state index in [2.05, 4.69) is 0 Å². The first-order valence-corrected chi connectivity index (χ1v) is 5.36. The van der Waals surface area contributed by atoms with Crippen LogP contribution in [0, 0.1) is 11.8 Å². The highest BCUT2D eigenvalue weighted by Gasteiger charge is 2.40. The molecule has 0 aliphatic carbocycles. The van der Waals surface area contributed by atoms with E-state index in [-0.39, 0.29) is 16.9 Å². The van der Waals surface area contributed by atoms with Gasteiger partial charge in [0.25, 0.3) is 0 Å². The van der Waals surface area contributed by atoms with E-state index in [1.165, 1.54) is 9.80 Å². The van der Waals surface area contributed by atoms with Gasteiger partial charge < -0.3 is 0 Å². The van der Waals surface area contributed by atoms with Gasteiger partial charge in [0.05, 0.1) is 0 Å². The molecule has 2 amide bonds. The average molecular weight is 228 g/mol. The Balaban J connectivity index is 2.92. The maximum absolute atomic E-state index is 11.8. The number of hydrogen-bond donors (Lipinski definition) is 0. The van der Waals surface area contributed by atoms with Crippen molar-refractivity contribution in [2.24, 2.45) is 11.8 Å². The first-order chi connectivity index (χ1) is 6.86. The van der Waals surface area contributed by atoms with E-state index < -0.39 is 5.92 Å². The van der Waals surface area contributed by atoms with Gasteiger partial charge in [-0.3, -0.25) is 19.4 Å². The second kappa shape index (κ2) is 4.26. The summed E-state index contributed by atoms with van der Waals surface area (Å²) in [5.74, 6) is -0.614. The minimum Gasteiger partial charge on any atom is -0.291 e. The third-order valence-corrected chi connectivity index (χ3v) is 3.09. The molecule has 1 fully saturated rings. The van der Waals surface area contributed by atoms with Gasteiger partial charge in [-0.05, 0) is 24.6 Å². The summed E-state index contributed by atoms with van der Waals surface area (Å²) in [5.41, 5.74) is 0. The number of carbonyl (C=O) groups excluding carboxylic acids is 2. The van der Waals surface area contributed by atoms with Gasteiger partial charge in [-0.1, -0.05) is 13.8 Å². The number of amides is 2. The van der Waals surface area contributed by atoms with E-state index in [4.69, 9.17) is 12.2 Å². The summed E-state index contributed by atoms with van der Waals surface area (Å²) in [6, 6.07) is 0. The minimum atomic E-state index is -0.563. The predicted molar refractivity (Wildman–Crippen MR) is 61.1 cm³/mol. The summed E-state index contributed by atoms with van der Waals surface area (Å²) < 4.78 is 0. The Morgan fingerprint density at radius 1 is 1.20 bits per heavy atom. The third-order valence-electron chi connectivity index (χ3n) is 2.54. The molecular formula is C10H16N2O2S. The molecule has 1 rings (SSSR count). The number of thiocarbonyl (C=S) groups is 1. The van der Waals surface area contributed by atoms with Crippen molar-refractivity contribution in [2.45, 2.75) is 20.3 Å². The Labute approximate surface area is 95.2 Å². The van der Waals surface area contributed by atoms with Gasteiger partial charge in [-0.15, -0.1) is 0 Å². The van der Waals surface area contributed by atoms with Gasteiger partial charge in [0.15, 0.2) is 5.11 Å². The fourth-order valence-electron chi connectivity index (χ4n) is 1.66. The number of hydrogen-bond acceptors (Lipinski definition) is 3. The second-order valence-electron chi connectivity index (χ2n) is 4.26. The Bertz CT molecular complexity index is 291. The van der Waals surface area contributed by atoms with E-state index in [0.29, 0.717) is 12.3 Å². The molecule has 0 atom stereocenters. The van der Waals surface area contributed by atoms with Crippen LogP contribution in [0.25, 0.3) is 0 Å². The van der Waals surface area contributed by atoms with E-state index in [9.17, 15) is 9.59 Å². The zero-order valence-electron chi connectivity index (χ0n) is 9.48. The number of carbonyl (C=O) groups is 2. The van der Waals surface area contributed by atoms with Crippen molar-refractivity contribution in [1.82, 2.24) is 9.80 Å². The largest absolute Gasteiger partial charge is 0.291 e. The Hall–Kier alpha value is -0.970.